The van der Waals surface area contributed by atoms with Gasteiger partial charge < -0.3 is 14.4 Å². The molecule has 1 amide bonds. The molecule has 1 saturated heterocycles. The van der Waals surface area contributed by atoms with Gasteiger partial charge in [0.25, 0.3) is 5.91 Å². The van der Waals surface area contributed by atoms with Gasteiger partial charge in [-0.1, -0.05) is 11.6 Å². The molecule has 19 heavy (non-hydrogen) atoms. The number of likely N-dealkylation sites (N-methyl/N-ethyl adjacent to an activating group) is 1. The van der Waals surface area contributed by atoms with Crippen LogP contribution in [0.25, 0.3) is 0 Å². The highest BCUT2D eigenvalue weighted by Gasteiger charge is 2.21. The Kier molecular flexibility index (Phi) is 4.57. The van der Waals surface area contributed by atoms with E-state index in [1.165, 1.54) is 12.1 Å². The second kappa shape index (κ2) is 6.00. The van der Waals surface area contributed by atoms with E-state index in [1.807, 2.05) is 7.05 Å². The maximum atomic E-state index is 12.3. The molecule has 1 aromatic rings. The summed E-state index contributed by atoms with van der Waals surface area (Å²) in [4.78, 5) is 16.2. The summed E-state index contributed by atoms with van der Waals surface area (Å²) in [7, 11) is 2.01. The Labute approximate surface area is 119 Å². The van der Waals surface area contributed by atoms with Crippen molar-refractivity contribution < 1.29 is 13.6 Å². The monoisotopic (exact) mass is 302 g/mol. The van der Waals surface area contributed by atoms with Crippen LogP contribution in [-0.2, 0) is 11.1 Å². The molecule has 0 spiro atoms. The van der Waals surface area contributed by atoms with E-state index in [9.17, 15) is 9.00 Å². The van der Waals surface area contributed by atoms with E-state index in [0.717, 1.165) is 13.1 Å². The molecule has 0 aliphatic carbocycles. The number of hydrogen-bond donors (Lipinski definition) is 1. The molecular formula is C12H15ClN2O3S. The van der Waals surface area contributed by atoms with Crippen molar-refractivity contribution in [1.29, 1.82) is 0 Å². The summed E-state index contributed by atoms with van der Waals surface area (Å²) >= 11 is 3.63. The third-order valence-electron chi connectivity index (χ3n) is 3.16. The van der Waals surface area contributed by atoms with Gasteiger partial charge in [0.15, 0.2) is 11.1 Å². The minimum Gasteiger partial charge on any atom is -0.336 e. The first-order chi connectivity index (χ1) is 8.99. The van der Waals surface area contributed by atoms with Crippen molar-refractivity contribution in [2.24, 2.45) is 0 Å². The molecule has 1 aliphatic rings. The minimum absolute atomic E-state index is 0.0710. The molecule has 1 N–H and O–H groups in total. The molecule has 1 heterocycles. The van der Waals surface area contributed by atoms with Crippen molar-refractivity contribution in [1.82, 2.24) is 9.80 Å². The van der Waals surface area contributed by atoms with Crippen molar-refractivity contribution >= 4 is 28.6 Å². The Bertz CT molecular complexity index is 516. The largest absolute Gasteiger partial charge is 0.336 e. The third kappa shape index (κ3) is 3.33. The fourth-order valence-corrected chi connectivity index (χ4v) is 2.74. The summed E-state index contributed by atoms with van der Waals surface area (Å²) in [6, 6.07) is 4.45. The van der Waals surface area contributed by atoms with Crippen molar-refractivity contribution in [2.75, 3.05) is 33.2 Å². The number of halogens is 1. The fraction of sp³-hybridized carbons (Fsp3) is 0.417. The molecular weight excluding hydrogens is 288 g/mol. The van der Waals surface area contributed by atoms with Gasteiger partial charge in [-0.15, -0.1) is 0 Å². The van der Waals surface area contributed by atoms with E-state index < -0.39 is 11.1 Å². The average molecular weight is 303 g/mol. The van der Waals surface area contributed by atoms with Crippen molar-refractivity contribution in [3.8, 4) is 0 Å². The first-order valence-corrected chi connectivity index (χ1v) is 7.35. The van der Waals surface area contributed by atoms with Gasteiger partial charge in [-0.3, -0.25) is 4.79 Å². The standard InChI is InChI=1S/C12H15ClN2O3S/c1-14-4-6-15(7-5-14)12(16)9-2-3-10(13)11(8-9)19(17)18/h2-3,8H,4-7H2,1H3,(H,17,18). The van der Waals surface area contributed by atoms with Crippen LogP contribution in [0.5, 0.6) is 0 Å². The van der Waals surface area contributed by atoms with Gasteiger partial charge in [0.1, 0.15) is 0 Å². The van der Waals surface area contributed by atoms with E-state index >= 15 is 0 Å². The lowest BCUT2D eigenvalue weighted by atomic mass is 10.2. The lowest BCUT2D eigenvalue weighted by Crippen LogP contribution is -2.47. The maximum Gasteiger partial charge on any atom is 0.253 e. The molecule has 1 aromatic carbocycles. The summed E-state index contributed by atoms with van der Waals surface area (Å²) < 4.78 is 20.2. The molecule has 7 heteroatoms. The highest BCUT2D eigenvalue weighted by molar-refractivity contribution is 7.79. The number of benzene rings is 1. The zero-order valence-corrected chi connectivity index (χ0v) is 12.1. The summed E-state index contributed by atoms with van der Waals surface area (Å²) in [6.07, 6.45) is 0. The van der Waals surface area contributed by atoms with Gasteiger partial charge in [0.2, 0.25) is 0 Å². The molecule has 5 nitrogen and oxygen atoms in total. The number of carbonyl (C=O) groups is 1. The van der Waals surface area contributed by atoms with Gasteiger partial charge >= 0.3 is 0 Å². The van der Waals surface area contributed by atoms with E-state index in [4.69, 9.17) is 16.2 Å². The summed E-state index contributed by atoms with van der Waals surface area (Å²) in [6.45, 7) is 2.99. The Balaban J connectivity index is 2.20. The summed E-state index contributed by atoms with van der Waals surface area (Å²) in [5, 5.41) is 0.191. The van der Waals surface area contributed by atoms with Crippen LogP contribution in [0, 0.1) is 0 Å². The quantitative estimate of drug-likeness (QED) is 0.837. The number of nitrogens with zero attached hydrogens (tertiary/aromatic N) is 2. The predicted molar refractivity (Wildman–Crippen MR) is 73.9 cm³/mol. The molecule has 1 fully saturated rings. The SMILES string of the molecule is CN1CCN(C(=O)c2ccc(Cl)c(S(=O)O)c2)CC1. The highest BCUT2D eigenvalue weighted by Crippen LogP contribution is 2.21. The first kappa shape index (κ1) is 14.5. The molecule has 104 valence electrons. The Morgan fingerprint density at radius 2 is 1.95 bits per heavy atom. The molecule has 2 rings (SSSR count). The van der Waals surface area contributed by atoms with Crippen molar-refractivity contribution in [3.63, 3.8) is 0 Å². The Hall–Kier alpha value is -0.950. The molecule has 0 bridgehead atoms. The smallest absolute Gasteiger partial charge is 0.253 e. The van der Waals surface area contributed by atoms with Gasteiger partial charge in [-0.25, -0.2) is 4.21 Å². The van der Waals surface area contributed by atoms with Crippen LogP contribution in [0.4, 0.5) is 0 Å². The highest BCUT2D eigenvalue weighted by atomic mass is 35.5. The maximum absolute atomic E-state index is 12.3. The molecule has 0 saturated carbocycles. The first-order valence-electron chi connectivity index (χ1n) is 5.87. The predicted octanol–water partition coefficient (Wildman–Crippen LogP) is 1.31. The zero-order chi connectivity index (χ0) is 14.0. The lowest BCUT2D eigenvalue weighted by Gasteiger charge is -2.32. The molecule has 0 radical (unpaired) electrons. The second-order valence-electron chi connectivity index (χ2n) is 4.49. The van der Waals surface area contributed by atoms with Crippen LogP contribution in [0.2, 0.25) is 5.02 Å². The minimum atomic E-state index is -2.19. The Morgan fingerprint density at radius 1 is 1.32 bits per heavy atom. The van der Waals surface area contributed by atoms with E-state index in [0.29, 0.717) is 18.7 Å². The van der Waals surface area contributed by atoms with Gasteiger partial charge in [-0.2, -0.15) is 0 Å². The summed E-state index contributed by atoms with van der Waals surface area (Å²) in [5.41, 5.74) is 0.395. The topological polar surface area (TPSA) is 60.9 Å². The van der Waals surface area contributed by atoms with Crippen LogP contribution in [0.3, 0.4) is 0 Å². The average Bonchev–Trinajstić information content (AvgIpc) is 2.39. The molecule has 0 aromatic heterocycles. The molecule has 1 atom stereocenters. The summed E-state index contributed by atoms with van der Waals surface area (Å²) in [5.74, 6) is -0.128. The van der Waals surface area contributed by atoms with Crippen LogP contribution in [0.1, 0.15) is 10.4 Å². The van der Waals surface area contributed by atoms with Gasteiger partial charge in [-0.05, 0) is 25.2 Å². The van der Waals surface area contributed by atoms with E-state index in [-0.39, 0.29) is 15.8 Å². The van der Waals surface area contributed by atoms with E-state index in [1.54, 1.807) is 11.0 Å². The second-order valence-corrected chi connectivity index (χ2v) is 5.84. The van der Waals surface area contributed by atoms with Crippen LogP contribution in [0.15, 0.2) is 23.1 Å². The lowest BCUT2D eigenvalue weighted by molar-refractivity contribution is 0.0664. The number of hydrogen-bond acceptors (Lipinski definition) is 3. The Morgan fingerprint density at radius 3 is 2.53 bits per heavy atom. The van der Waals surface area contributed by atoms with Crippen LogP contribution >= 0.6 is 11.6 Å². The molecule has 1 unspecified atom stereocenters. The number of piperazine rings is 1. The van der Waals surface area contributed by atoms with Crippen molar-refractivity contribution in [3.05, 3.63) is 28.8 Å². The normalized spacial score (nSPS) is 18.4. The van der Waals surface area contributed by atoms with Crippen LogP contribution < -0.4 is 0 Å². The van der Waals surface area contributed by atoms with E-state index in [2.05, 4.69) is 4.90 Å². The zero-order valence-electron chi connectivity index (χ0n) is 10.5. The fourth-order valence-electron chi connectivity index (χ4n) is 1.96. The third-order valence-corrected chi connectivity index (χ3v) is 4.31. The number of rotatable bonds is 2. The molecule has 1 aliphatic heterocycles. The number of carbonyl (C=O) groups excluding carboxylic acids is 1. The van der Waals surface area contributed by atoms with Gasteiger partial charge in [0, 0.05) is 31.7 Å². The van der Waals surface area contributed by atoms with Crippen LogP contribution in [-0.4, -0.2) is 57.7 Å². The number of amides is 1. The van der Waals surface area contributed by atoms with Gasteiger partial charge in [0.05, 0.1) is 9.92 Å². The van der Waals surface area contributed by atoms with Crippen molar-refractivity contribution in [2.45, 2.75) is 4.90 Å².